The van der Waals surface area contributed by atoms with E-state index in [9.17, 15) is 5.11 Å². The van der Waals surface area contributed by atoms with E-state index in [2.05, 4.69) is 20.5 Å². The Labute approximate surface area is 156 Å². The van der Waals surface area contributed by atoms with Gasteiger partial charge in [-0.15, -0.1) is 10.2 Å². The summed E-state index contributed by atoms with van der Waals surface area (Å²) in [4.78, 5) is 5.38. The highest BCUT2D eigenvalue weighted by molar-refractivity contribution is 8.01. The Balaban J connectivity index is 1.58. The molecule has 0 saturated carbocycles. The average molecular weight is 387 g/mol. The second-order valence-electron chi connectivity index (χ2n) is 5.09. The predicted molar refractivity (Wildman–Crippen MR) is 102 cm³/mol. The van der Waals surface area contributed by atoms with Gasteiger partial charge in [0.15, 0.2) is 4.34 Å². The summed E-state index contributed by atoms with van der Waals surface area (Å²) in [6, 6.07) is 14.6. The number of nitrogens with one attached hydrogen (secondary N) is 1. The molecule has 124 valence electrons. The molecular formula is C17H11ClN4OS2. The fourth-order valence-electron chi connectivity index (χ4n) is 2.27. The van der Waals surface area contributed by atoms with Crippen LogP contribution in [0.15, 0.2) is 64.0 Å². The SMILES string of the molecule is Oc1ccccc1Nc1nnc(Sc2ccnc3cc(Cl)ccc23)s1. The monoisotopic (exact) mass is 386 g/mol. The molecule has 0 radical (unpaired) electrons. The predicted octanol–water partition coefficient (Wildman–Crippen LogP) is 5.34. The molecule has 0 saturated heterocycles. The summed E-state index contributed by atoms with van der Waals surface area (Å²) >= 11 is 8.96. The molecule has 0 unspecified atom stereocenters. The second kappa shape index (κ2) is 6.87. The Morgan fingerprint density at radius 1 is 1.08 bits per heavy atom. The number of para-hydroxylation sites is 2. The van der Waals surface area contributed by atoms with Crippen molar-refractivity contribution >= 4 is 56.4 Å². The van der Waals surface area contributed by atoms with Gasteiger partial charge < -0.3 is 10.4 Å². The topological polar surface area (TPSA) is 70.9 Å². The first-order valence-corrected chi connectivity index (χ1v) is 9.31. The van der Waals surface area contributed by atoms with Gasteiger partial charge in [-0.25, -0.2) is 0 Å². The minimum Gasteiger partial charge on any atom is -0.506 e. The van der Waals surface area contributed by atoms with Crippen LogP contribution < -0.4 is 5.32 Å². The Bertz CT molecular complexity index is 1050. The maximum atomic E-state index is 9.83. The maximum Gasteiger partial charge on any atom is 0.211 e. The smallest absolute Gasteiger partial charge is 0.211 e. The molecule has 0 fully saturated rings. The van der Waals surface area contributed by atoms with E-state index in [-0.39, 0.29) is 5.75 Å². The van der Waals surface area contributed by atoms with Crippen molar-refractivity contribution in [3.8, 4) is 5.75 Å². The molecule has 2 aromatic heterocycles. The Morgan fingerprint density at radius 2 is 1.96 bits per heavy atom. The van der Waals surface area contributed by atoms with Crippen LogP contribution >= 0.6 is 34.7 Å². The molecule has 4 aromatic rings. The molecule has 0 aliphatic carbocycles. The Morgan fingerprint density at radius 3 is 2.84 bits per heavy atom. The third-order valence-corrected chi connectivity index (χ3v) is 5.61. The van der Waals surface area contributed by atoms with Crippen molar-refractivity contribution in [1.82, 2.24) is 15.2 Å². The minimum absolute atomic E-state index is 0.170. The number of fused-ring (bicyclic) bond motifs is 1. The lowest BCUT2D eigenvalue weighted by Gasteiger charge is -2.04. The molecule has 4 rings (SSSR count). The van der Waals surface area contributed by atoms with Gasteiger partial charge in [0.25, 0.3) is 0 Å². The van der Waals surface area contributed by atoms with Crippen LogP contribution in [0.4, 0.5) is 10.8 Å². The van der Waals surface area contributed by atoms with E-state index >= 15 is 0 Å². The van der Waals surface area contributed by atoms with E-state index in [1.54, 1.807) is 24.4 Å². The van der Waals surface area contributed by atoms with Crippen LogP contribution in [0.3, 0.4) is 0 Å². The number of pyridine rings is 1. The van der Waals surface area contributed by atoms with E-state index in [1.165, 1.54) is 23.1 Å². The Hall–Kier alpha value is -2.35. The van der Waals surface area contributed by atoms with Gasteiger partial charge in [0.05, 0.1) is 11.2 Å². The largest absolute Gasteiger partial charge is 0.506 e. The molecule has 2 aromatic carbocycles. The highest BCUT2D eigenvalue weighted by Crippen LogP contribution is 2.37. The zero-order valence-electron chi connectivity index (χ0n) is 12.7. The van der Waals surface area contributed by atoms with Crippen LogP contribution in [-0.4, -0.2) is 20.3 Å². The van der Waals surface area contributed by atoms with Gasteiger partial charge in [0.2, 0.25) is 5.13 Å². The minimum atomic E-state index is 0.170. The van der Waals surface area contributed by atoms with E-state index in [0.29, 0.717) is 15.8 Å². The van der Waals surface area contributed by atoms with Crippen molar-refractivity contribution in [2.45, 2.75) is 9.24 Å². The maximum absolute atomic E-state index is 9.83. The summed E-state index contributed by atoms with van der Waals surface area (Å²) in [7, 11) is 0. The first-order valence-electron chi connectivity index (χ1n) is 7.30. The molecule has 0 bridgehead atoms. The van der Waals surface area contributed by atoms with Gasteiger partial charge in [0, 0.05) is 21.5 Å². The number of rotatable bonds is 4. The molecule has 2 heterocycles. The molecule has 0 atom stereocenters. The highest BCUT2D eigenvalue weighted by atomic mass is 35.5. The molecule has 8 heteroatoms. The number of halogens is 1. The van der Waals surface area contributed by atoms with Crippen molar-refractivity contribution in [2.75, 3.05) is 5.32 Å². The molecular weight excluding hydrogens is 376 g/mol. The van der Waals surface area contributed by atoms with Crippen LogP contribution in [0.5, 0.6) is 5.75 Å². The molecule has 5 nitrogen and oxygen atoms in total. The van der Waals surface area contributed by atoms with Crippen LogP contribution in [0.2, 0.25) is 5.02 Å². The van der Waals surface area contributed by atoms with Crippen LogP contribution in [0.25, 0.3) is 10.9 Å². The van der Waals surface area contributed by atoms with Gasteiger partial charge >= 0.3 is 0 Å². The lowest BCUT2D eigenvalue weighted by Crippen LogP contribution is -1.89. The molecule has 0 amide bonds. The molecule has 0 aliphatic rings. The van der Waals surface area contributed by atoms with Gasteiger partial charge in [-0.2, -0.15) is 0 Å². The number of nitrogens with zero attached hydrogens (tertiary/aromatic N) is 3. The fraction of sp³-hybridized carbons (Fsp3) is 0. The van der Waals surface area contributed by atoms with Gasteiger partial charge in [-0.05, 0) is 30.3 Å². The molecule has 0 spiro atoms. The molecule has 0 aliphatic heterocycles. The van der Waals surface area contributed by atoms with E-state index in [0.717, 1.165) is 20.1 Å². The number of hydrogen-bond acceptors (Lipinski definition) is 7. The summed E-state index contributed by atoms with van der Waals surface area (Å²) in [6.07, 6.45) is 1.75. The first kappa shape index (κ1) is 16.1. The summed E-state index contributed by atoms with van der Waals surface area (Å²) in [5, 5.41) is 23.5. The number of aromatic nitrogens is 3. The third-order valence-electron chi connectivity index (χ3n) is 3.41. The standard InChI is InChI=1S/C17H11ClN4OS2/c18-10-5-6-11-13(9-10)19-8-7-15(11)24-17-22-21-16(25-17)20-12-3-1-2-4-14(12)23/h1-9,23H,(H,20,21). The quantitative estimate of drug-likeness (QED) is 0.461. The van der Waals surface area contributed by atoms with Crippen molar-refractivity contribution < 1.29 is 5.11 Å². The molecule has 25 heavy (non-hydrogen) atoms. The third kappa shape index (κ3) is 3.53. The Kier molecular flexibility index (Phi) is 4.44. The lowest BCUT2D eigenvalue weighted by molar-refractivity contribution is 0.478. The number of hydrogen-bond donors (Lipinski definition) is 2. The number of aromatic hydroxyl groups is 1. The molecule has 2 N–H and O–H groups in total. The van der Waals surface area contributed by atoms with Crippen LogP contribution in [-0.2, 0) is 0 Å². The summed E-state index contributed by atoms with van der Waals surface area (Å²) in [5.41, 5.74) is 1.44. The normalized spacial score (nSPS) is 10.9. The number of phenolic OH excluding ortho intramolecular Hbond substituents is 1. The highest BCUT2D eigenvalue weighted by Gasteiger charge is 2.10. The number of anilines is 2. The summed E-state index contributed by atoms with van der Waals surface area (Å²) in [5.74, 6) is 0.170. The number of phenols is 1. The van der Waals surface area contributed by atoms with Gasteiger partial charge in [0.1, 0.15) is 5.75 Å². The first-order chi connectivity index (χ1) is 12.2. The second-order valence-corrected chi connectivity index (χ2v) is 7.79. The van der Waals surface area contributed by atoms with Crippen molar-refractivity contribution in [3.63, 3.8) is 0 Å². The van der Waals surface area contributed by atoms with Gasteiger partial charge in [-0.1, -0.05) is 52.9 Å². The van der Waals surface area contributed by atoms with Crippen molar-refractivity contribution in [3.05, 3.63) is 59.8 Å². The zero-order chi connectivity index (χ0) is 17.2. The van der Waals surface area contributed by atoms with Gasteiger partial charge in [-0.3, -0.25) is 4.98 Å². The van der Waals surface area contributed by atoms with Crippen molar-refractivity contribution in [2.24, 2.45) is 0 Å². The van der Waals surface area contributed by atoms with E-state index in [1.807, 2.05) is 30.3 Å². The number of benzene rings is 2. The van der Waals surface area contributed by atoms with Crippen LogP contribution in [0.1, 0.15) is 0 Å². The summed E-state index contributed by atoms with van der Waals surface area (Å²) in [6.45, 7) is 0. The lowest BCUT2D eigenvalue weighted by atomic mass is 10.2. The van der Waals surface area contributed by atoms with Crippen LogP contribution in [0, 0.1) is 0 Å². The fourth-order valence-corrected chi connectivity index (χ4v) is 4.28. The van der Waals surface area contributed by atoms with Crippen molar-refractivity contribution in [1.29, 1.82) is 0 Å². The average Bonchev–Trinajstić information content (AvgIpc) is 3.04. The summed E-state index contributed by atoms with van der Waals surface area (Å²) < 4.78 is 0.792. The zero-order valence-corrected chi connectivity index (χ0v) is 15.1. The van der Waals surface area contributed by atoms with E-state index in [4.69, 9.17) is 11.6 Å². The van der Waals surface area contributed by atoms with E-state index < -0.39 is 0 Å².